The van der Waals surface area contributed by atoms with Crippen molar-refractivity contribution in [2.24, 2.45) is 7.05 Å². The minimum atomic E-state index is -0.483. The number of carbonyl (C=O) groups excluding carboxylic acids is 1. The summed E-state index contributed by atoms with van der Waals surface area (Å²) in [4.78, 5) is 10.8. The minimum absolute atomic E-state index is 0.362. The van der Waals surface area contributed by atoms with Gasteiger partial charge in [0.05, 0.1) is 12.3 Å². The molecular formula is C10H11NO2. The van der Waals surface area contributed by atoms with Crippen LogP contribution in [-0.2, 0) is 16.6 Å². The lowest BCUT2D eigenvalue weighted by molar-refractivity contribution is -0.136. The van der Waals surface area contributed by atoms with Crippen LogP contribution in [0, 0.1) is 11.8 Å². The highest BCUT2D eigenvalue weighted by atomic mass is 16.5. The molecule has 1 rings (SSSR count). The molecule has 0 amide bonds. The number of hydrogen-bond donors (Lipinski definition) is 0. The number of rotatable bonds is 1. The van der Waals surface area contributed by atoms with E-state index in [0.29, 0.717) is 6.61 Å². The average Bonchev–Trinajstić information content (AvgIpc) is 2.48. The molecule has 0 aromatic carbocycles. The lowest BCUT2D eigenvalue weighted by Gasteiger charge is -1.92. The van der Waals surface area contributed by atoms with Crippen molar-refractivity contribution in [3.05, 3.63) is 24.0 Å². The number of esters is 1. The fraction of sp³-hybridized carbons (Fsp3) is 0.300. The van der Waals surface area contributed by atoms with E-state index in [1.807, 2.05) is 29.9 Å². The monoisotopic (exact) mass is 177 g/mol. The van der Waals surface area contributed by atoms with Crippen molar-refractivity contribution >= 4 is 5.97 Å². The fourth-order valence-electron chi connectivity index (χ4n) is 0.873. The Hall–Kier alpha value is -1.69. The zero-order chi connectivity index (χ0) is 9.68. The van der Waals surface area contributed by atoms with Crippen LogP contribution in [0.25, 0.3) is 0 Å². The molecule has 3 nitrogen and oxygen atoms in total. The summed E-state index contributed by atoms with van der Waals surface area (Å²) in [5.41, 5.74) is 0.799. The van der Waals surface area contributed by atoms with E-state index in [-0.39, 0.29) is 0 Å². The number of carbonyl (C=O) groups is 1. The Balaban J connectivity index is 2.67. The molecule has 0 radical (unpaired) electrons. The van der Waals surface area contributed by atoms with Crippen molar-refractivity contribution < 1.29 is 9.53 Å². The molecule has 1 aromatic heterocycles. The third-order valence-corrected chi connectivity index (χ3v) is 1.51. The smallest absolute Gasteiger partial charge is 0.384 e. The molecule has 13 heavy (non-hydrogen) atoms. The second-order valence-corrected chi connectivity index (χ2v) is 2.47. The molecule has 1 heterocycles. The highest BCUT2D eigenvalue weighted by molar-refractivity contribution is 5.89. The van der Waals surface area contributed by atoms with E-state index < -0.39 is 5.97 Å². The van der Waals surface area contributed by atoms with Crippen molar-refractivity contribution in [1.29, 1.82) is 0 Å². The molecule has 0 aliphatic heterocycles. The standard InChI is InChI=1S/C10H11NO2/c1-3-13-10(12)7-6-9-5-4-8-11(9)2/h4-5,8H,3H2,1-2H3. The summed E-state index contributed by atoms with van der Waals surface area (Å²) in [5, 5.41) is 0. The fourth-order valence-corrected chi connectivity index (χ4v) is 0.873. The Morgan fingerprint density at radius 1 is 1.69 bits per heavy atom. The van der Waals surface area contributed by atoms with E-state index in [4.69, 9.17) is 0 Å². The molecule has 0 N–H and O–H groups in total. The first kappa shape index (κ1) is 9.40. The number of aromatic nitrogens is 1. The Morgan fingerprint density at radius 3 is 3.00 bits per heavy atom. The first-order valence-corrected chi connectivity index (χ1v) is 4.04. The molecule has 0 fully saturated rings. The van der Waals surface area contributed by atoms with Crippen LogP contribution in [0.2, 0.25) is 0 Å². The Bertz CT molecular complexity index is 354. The summed E-state index contributed by atoms with van der Waals surface area (Å²) in [6, 6.07) is 3.71. The molecule has 0 aliphatic carbocycles. The molecule has 68 valence electrons. The number of nitrogens with zero attached hydrogens (tertiary/aromatic N) is 1. The lowest BCUT2D eigenvalue weighted by Crippen LogP contribution is -2.00. The summed E-state index contributed by atoms with van der Waals surface area (Å²) in [5.74, 6) is 4.63. The molecule has 0 atom stereocenters. The van der Waals surface area contributed by atoms with Crippen LogP contribution in [0.3, 0.4) is 0 Å². The van der Waals surface area contributed by atoms with Gasteiger partial charge in [0.1, 0.15) is 0 Å². The van der Waals surface area contributed by atoms with Crippen molar-refractivity contribution in [2.75, 3.05) is 6.61 Å². The topological polar surface area (TPSA) is 31.2 Å². The maximum Gasteiger partial charge on any atom is 0.384 e. The van der Waals surface area contributed by atoms with Gasteiger partial charge in [0.15, 0.2) is 0 Å². The lowest BCUT2D eigenvalue weighted by atomic mass is 10.4. The second kappa shape index (κ2) is 4.36. The normalized spacial score (nSPS) is 8.77. The first-order valence-electron chi connectivity index (χ1n) is 4.04. The maximum absolute atomic E-state index is 10.8. The van der Waals surface area contributed by atoms with Gasteiger partial charge in [-0.3, -0.25) is 0 Å². The molecule has 3 heteroatoms. The van der Waals surface area contributed by atoms with Gasteiger partial charge in [0.25, 0.3) is 0 Å². The van der Waals surface area contributed by atoms with E-state index in [9.17, 15) is 4.79 Å². The number of aryl methyl sites for hydroxylation is 1. The molecule has 0 unspecified atom stereocenters. The van der Waals surface area contributed by atoms with Crippen LogP contribution in [-0.4, -0.2) is 17.1 Å². The van der Waals surface area contributed by atoms with Gasteiger partial charge in [-0.2, -0.15) is 0 Å². The van der Waals surface area contributed by atoms with E-state index in [1.165, 1.54) is 0 Å². The van der Waals surface area contributed by atoms with Gasteiger partial charge in [0.2, 0.25) is 0 Å². The van der Waals surface area contributed by atoms with Gasteiger partial charge in [-0.05, 0) is 25.0 Å². The molecule has 0 saturated carbocycles. The largest absolute Gasteiger partial charge is 0.456 e. The van der Waals surface area contributed by atoms with E-state index in [1.54, 1.807) is 6.92 Å². The number of ether oxygens (including phenoxy) is 1. The van der Waals surface area contributed by atoms with Crippen LogP contribution in [0.15, 0.2) is 18.3 Å². The third kappa shape index (κ3) is 2.68. The van der Waals surface area contributed by atoms with E-state index >= 15 is 0 Å². The van der Waals surface area contributed by atoms with Crippen LogP contribution < -0.4 is 0 Å². The summed E-state index contributed by atoms with van der Waals surface area (Å²) in [6.45, 7) is 2.11. The van der Waals surface area contributed by atoms with E-state index in [2.05, 4.69) is 16.6 Å². The molecular weight excluding hydrogens is 166 g/mol. The summed E-state index contributed by atoms with van der Waals surface area (Å²) in [7, 11) is 1.87. The van der Waals surface area contributed by atoms with Crippen LogP contribution >= 0.6 is 0 Å². The van der Waals surface area contributed by atoms with Crippen molar-refractivity contribution in [3.63, 3.8) is 0 Å². The number of hydrogen-bond acceptors (Lipinski definition) is 2. The highest BCUT2D eigenvalue weighted by Gasteiger charge is 1.94. The minimum Gasteiger partial charge on any atom is -0.456 e. The second-order valence-electron chi connectivity index (χ2n) is 2.47. The average molecular weight is 177 g/mol. The van der Waals surface area contributed by atoms with Gasteiger partial charge in [-0.1, -0.05) is 0 Å². The molecule has 0 bridgehead atoms. The predicted molar refractivity (Wildman–Crippen MR) is 48.9 cm³/mol. The van der Waals surface area contributed by atoms with Gasteiger partial charge < -0.3 is 9.30 Å². The third-order valence-electron chi connectivity index (χ3n) is 1.51. The molecule has 0 aliphatic rings. The van der Waals surface area contributed by atoms with Crippen molar-refractivity contribution in [2.45, 2.75) is 6.92 Å². The predicted octanol–water partition coefficient (Wildman–Crippen LogP) is 0.940. The van der Waals surface area contributed by atoms with Gasteiger partial charge >= 0.3 is 5.97 Å². The zero-order valence-corrected chi connectivity index (χ0v) is 7.70. The molecule has 0 spiro atoms. The zero-order valence-electron chi connectivity index (χ0n) is 7.70. The van der Waals surface area contributed by atoms with Gasteiger partial charge in [-0.25, -0.2) is 4.79 Å². The molecule has 1 aromatic rings. The van der Waals surface area contributed by atoms with Crippen molar-refractivity contribution in [1.82, 2.24) is 4.57 Å². The van der Waals surface area contributed by atoms with Crippen LogP contribution in [0.4, 0.5) is 0 Å². The van der Waals surface area contributed by atoms with Crippen LogP contribution in [0.1, 0.15) is 12.6 Å². The van der Waals surface area contributed by atoms with Gasteiger partial charge in [-0.15, -0.1) is 0 Å². The molecule has 0 saturated heterocycles. The van der Waals surface area contributed by atoms with Gasteiger partial charge in [0, 0.05) is 19.2 Å². The highest BCUT2D eigenvalue weighted by Crippen LogP contribution is 1.95. The Morgan fingerprint density at radius 2 is 2.46 bits per heavy atom. The van der Waals surface area contributed by atoms with E-state index in [0.717, 1.165) is 5.69 Å². The SMILES string of the molecule is CCOC(=O)C#Cc1cccn1C. The summed E-state index contributed by atoms with van der Waals surface area (Å²) < 4.78 is 6.50. The first-order chi connectivity index (χ1) is 6.24. The summed E-state index contributed by atoms with van der Waals surface area (Å²) in [6.07, 6.45) is 1.87. The Labute approximate surface area is 77.3 Å². The Kier molecular flexibility index (Phi) is 3.15. The quantitative estimate of drug-likeness (QED) is 0.472. The maximum atomic E-state index is 10.8. The van der Waals surface area contributed by atoms with Crippen LogP contribution in [0.5, 0.6) is 0 Å². The van der Waals surface area contributed by atoms with Crippen molar-refractivity contribution in [3.8, 4) is 11.8 Å². The summed E-state index contributed by atoms with van der Waals surface area (Å²) >= 11 is 0.